The van der Waals surface area contributed by atoms with Gasteiger partial charge in [-0.25, -0.2) is 4.79 Å². The van der Waals surface area contributed by atoms with Crippen molar-refractivity contribution in [2.45, 2.75) is 19.3 Å². The molecule has 0 aromatic carbocycles. The van der Waals surface area contributed by atoms with Crippen LogP contribution < -0.4 is 0 Å². The second-order valence-electron chi connectivity index (χ2n) is 3.27. The molecule has 1 N–H and O–H groups in total. The Labute approximate surface area is 69.9 Å². The van der Waals surface area contributed by atoms with Crippen molar-refractivity contribution in [3.05, 3.63) is 10.6 Å². The molecule has 60 valence electrons. The summed E-state index contributed by atoms with van der Waals surface area (Å²) in [5.41, 5.74) is 0.489. The molecule has 0 aromatic rings. The molecule has 11 heavy (non-hydrogen) atoms. The van der Waals surface area contributed by atoms with Crippen molar-refractivity contribution in [1.82, 2.24) is 0 Å². The number of halogens is 1. The summed E-state index contributed by atoms with van der Waals surface area (Å²) in [7, 11) is 0. The number of rotatable bonds is 1. The van der Waals surface area contributed by atoms with Gasteiger partial charge in [0, 0.05) is 5.03 Å². The molecule has 3 heteroatoms. The van der Waals surface area contributed by atoms with Crippen LogP contribution in [0.1, 0.15) is 19.3 Å². The third-order valence-corrected chi connectivity index (χ3v) is 3.20. The Morgan fingerprint density at radius 1 is 1.45 bits per heavy atom. The van der Waals surface area contributed by atoms with Gasteiger partial charge in [0.1, 0.15) is 0 Å². The van der Waals surface area contributed by atoms with Gasteiger partial charge in [-0.1, -0.05) is 11.6 Å². The van der Waals surface area contributed by atoms with Crippen LogP contribution in [0.2, 0.25) is 0 Å². The minimum absolute atomic E-state index is 0.255. The number of hydrogen-bond acceptors (Lipinski definition) is 1. The van der Waals surface area contributed by atoms with Crippen LogP contribution in [0.4, 0.5) is 0 Å². The van der Waals surface area contributed by atoms with Crippen LogP contribution in [0.5, 0.6) is 0 Å². The quantitative estimate of drug-likeness (QED) is 0.657. The lowest BCUT2D eigenvalue weighted by Crippen LogP contribution is -2.09. The van der Waals surface area contributed by atoms with Crippen LogP contribution in [0.3, 0.4) is 0 Å². The molecule has 1 fully saturated rings. The first-order chi connectivity index (χ1) is 5.20. The van der Waals surface area contributed by atoms with E-state index < -0.39 is 5.97 Å². The zero-order valence-electron chi connectivity index (χ0n) is 6.01. The van der Waals surface area contributed by atoms with Crippen LogP contribution in [0.25, 0.3) is 0 Å². The Balaban J connectivity index is 2.37. The van der Waals surface area contributed by atoms with Crippen LogP contribution in [-0.4, -0.2) is 11.1 Å². The maximum atomic E-state index is 10.7. The largest absolute Gasteiger partial charge is 0.478 e. The minimum Gasteiger partial charge on any atom is -0.478 e. The predicted octanol–water partition coefficient (Wildman–Crippen LogP) is 1.99. The first-order valence-electron chi connectivity index (χ1n) is 3.83. The second-order valence-corrected chi connectivity index (χ2v) is 3.68. The van der Waals surface area contributed by atoms with E-state index in [9.17, 15) is 4.79 Å². The van der Waals surface area contributed by atoms with Gasteiger partial charge in [-0.15, -0.1) is 0 Å². The van der Waals surface area contributed by atoms with Crippen molar-refractivity contribution in [1.29, 1.82) is 0 Å². The summed E-state index contributed by atoms with van der Waals surface area (Å²) >= 11 is 5.87. The van der Waals surface area contributed by atoms with Crippen molar-refractivity contribution >= 4 is 17.6 Å². The summed E-state index contributed by atoms with van der Waals surface area (Å²) in [6, 6.07) is 0. The van der Waals surface area contributed by atoms with Crippen LogP contribution in [0.15, 0.2) is 10.6 Å². The van der Waals surface area contributed by atoms with E-state index >= 15 is 0 Å². The minimum atomic E-state index is -0.817. The van der Waals surface area contributed by atoms with E-state index in [2.05, 4.69) is 0 Å². The Bertz CT molecular complexity index is 244. The fourth-order valence-corrected chi connectivity index (χ4v) is 2.60. The molecule has 0 aliphatic heterocycles. The Morgan fingerprint density at radius 2 is 2.09 bits per heavy atom. The molecule has 0 heterocycles. The molecule has 0 aromatic heterocycles. The lowest BCUT2D eigenvalue weighted by Gasteiger charge is -2.10. The van der Waals surface area contributed by atoms with Crippen molar-refractivity contribution in [2.75, 3.05) is 0 Å². The average Bonchev–Trinajstić information content (AvgIpc) is 2.44. The van der Waals surface area contributed by atoms with Gasteiger partial charge >= 0.3 is 5.97 Å². The number of aliphatic carboxylic acids is 1. The van der Waals surface area contributed by atoms with Gasteiger partial charge in [0.15, 0.2) is 0 Å². The number of allylic oxidation sites excluding steroid dienone is 1. The van der Waals surface area contributed by atoms with E-state index in [1.165, 1.54) is 0 Å². The van der Waals surface area contributed by atoms with E-state index in [0.717, 1.165) is 19.3 Å². The Kier molecular flexibility index (Phi) is 1.46. The van der Waals surface area contributed by atoms with Crippen LogP contribution in [-0.2, 0) is 4.79 Å². The van der Waals surface area contributed by atoms with E-state index in [-0.39, 0.29) is 5.92 Å². The number of carboxylic acids is 1. The summed E-state index contributed by atoms with van der Waals surface area (Å²) < 4.78 is 0. The van der Waals surface area contributed by atoms with E-state index in [0.29, 0.717) is 16.5 Å². The van der Waals surface area contributed by atoms with Gasteiger partial charge in [-0.05, 0) is 31.1 Å². The molecule has 2 aliphatic carbocycles. The smallest absolute Gasteiger partial charge is 0.333 e. The molecule has 0 saturated heterocycles. The molecule has 0 spiro atoms. The first-order valence-corrected chi connectivity index (χ1v) is 4.21. The molecular formula is C8H9ClO2. The first kappa shape index (κ1) is 7.17. The highest BCUT2D eigenvalue weighted by Gasteiger charge is 2.41. The molecular weight excluding hydrogens is 164 g/mol. The lowest BCUT2D eigenvalue weighted by atomic mass is 9.99. The predicted molar refractivity (Wildman–Crippen MR) is 41.3 cm³/mol. The second kappa shape index (κ2) is 2.24. The summed E-state index contributed by atoms with van der Waals surface area (Å²) in [6.07, 6.45) is 3.07. The zero-order valence-corrected chi connectivity index (χ0v) is 6.77. The van der Waals surface area contributed by atoms with Gasteiger partial charge in [0.05, 0.1) is 5.57 Å². The fourth-order valence-electron chi connectivity index (χ4n) is 2.17. The number of fused-ring (bicyclic) bond motifs is 2. The van der Waals surface area contributed by atoms with Gasteiger partial charge in [-0.3, -0.25) is 0 Å². The number of carbonyl (C=O) groups is 1. The highest BCUT2D eigenvalue weighted by molar-refractivity contribution is 6.32. The van der Waals surface area contributed by atoms with Crippen molar-refractivity contribution in [2.24, 2.45) is 11.8 Å². The maximum Gasteiger partial charge on any atom is 0.333 e. The van der Waals surface area contributed by atoms with Crippen LogP contribution in [0, 0.1) is 11.8 Å². The monoisotopic (exact) mass is 172 g/mol. The lowest BCUT2D eigenvalue weighted by molar-refractivity contribution is -0.133. The molecule has 2 bridgehead atoms. The Hall–Kier alpha value is -0.500. The highest BCUT2D eigenvalue weighted by Crippen LogP contribution is 2.49. The molecule has 2 aliphatic rings. The topological polar surface area (TPSA) is 37.3 Å². The molecule has 1 saturated carbocycles. The molecule has 2 unspecified atom stereocenters. The van der Waals surface area contributed by atoms with E-state index in [1.807, 2.05) is 0 Å². The Morgan fingerprint density at radius 3 is 2.45 bits per heavy atom. The van der Waals surface area contributed by atoms with Crippen molar-refractivity contribution in [3.63, 3.8) is 0 Å². The van der Waals surface area contributed by atoms with Crippen molar-refractivity contribution in [3.8, 4) is 0 Å². The summed E-state index contributed by atoms with van der Waals surface area (Å²) in [5.74, 6) is -0.194. The maximum absolute atomic E-state index is 10.7. The third-order valence-electron chi connectivity index (χ3n) is 2.69. The van der Waals surface area contributed by atoms with Gasteiger partial charge < -0.3 is 5.11 Å². The summed E-state index contributed by atoms with van der Waals surface area (Å²) in [5, 5.41) is 9.38. The van der Waals surface area contributed by atoms with Gasteiger partial charge in [0.25, 0.3) is 0 Å². The molecule has 2 rings (SSSR count). The van der Waals surface area contributed by atoms with Gasteiger partial charge in [0.2, 0.25) is 0 Å². The number of carboxylic acid groups (broad SMARTS) is 1. The van der Waals surface area contributed by atoms with E-state index in [4.69, 9.17) is 16.7 Å². The fraction of sp³-hybridized carbons (Fsp3) is 0.625. The third kappa shape index (κ3) is 0.890. The number of hydrogen-bond donors (Lipinski definition) is 1. The molecule has 0 amide bonds. The van der Waals surface area contributed by atoms with E-state index in [1.54, 1.807) is 0 Å². The van der Waals surface area contributed by atoms with Crippen molar-refractivity contribution < 1.29 is 9.90 Å². The highest BCUT2D eigenvalue weighted by atomic mass is 35.5. The summed E-state index contributed by atoms with van der Waals surface area (Å²) in [6.45, 7) is 0. The standard InChI is InChI=1S/C8H9ClO2/c9-7-5-2-1-4(3-5)6(7)8(10)11/h4-5H,1-3H2,(H,10,11). The molecule has 2 nitrogen and oxygen atoms in total. The summed E-state index contributed by atoms with van der Waals surface area (Å²) in [4.78, 5) is 10.7. The SMILES string of the molecule is O=C(O)C1=C(Cl)C2CCC1C2. The average molecular weight is 173 g/mol. The van der Waals surface area contributed by atoms with Gasteiger partial charge in [-0.2, -0.15) is 0 Å². The molecule has 0 radical (unpaired) electrons. The zero-order chi connectivity index (χ0) is 8.01. The molecule has 2 atom stereocenters. The normalized spacial score (nSPS) is 35.0. The van der Waals surface area contributed by atoms with Crippen LogP contribution >= 0.6 is 11.6 Å².